The van der Waals surface area contributed by atoms with Crippen molar-refractivity contribution < 1.29 is 23.7 Å². The first-order valence-corrected chi connectivity index (χ1v) is 10.7. The van der Waals surface area contributed by atoms with Crippen LogP contribution in [0, 0.1) is 29.4 Å². The minimum atomic E-state index is -0.638. The number of hydrogen-bond donors (Lipinski definition) is 3. The number of hydrogen-bond acceptors (Lipinski definition) is 2. The third kappa shape index (κ3) is 4.29. The smallest absolute Gasteiger partial charge is 0.322 e. The lowest BCUT2D eigenvalue weighted by Gasteiger charge is -2.56. The zero-order valence-corrected chi connectivity index (χ0v) is 17.0. The van der Waals surface area contributed by atoms with Crippen molar-refractivity contribution in [3.63, 3.8) is 0 Å². The number of rotatable bonds is 5. The van der Waals surface area contributed by atoms with E-state index in [2.05, 4.69) is 10.6 Å². The second kappa shape index (κ2) is 7.67. The standard InChI is InChI=1S/C22H29F2N3O2/c1-12(18-4-3-17(23)8-19(18)24)25-13(2)20(28)26-21(29)27-22-9-14-5-15(10-22)7-16(6-14)11-22/h3-4,8,12-16,25H,5-7,9-11H2,1-2H3,(H2,26,27,28,29)/p+1/t12-,13+,14?,15?,16?,22?/m0/s1. The topological polar surface area (TPSA) is 74.8 Å². The number of benzene rings is 1. The van der Waals surface area contributed by atoms with Crippen molar-refractivity contribution in [3.05, 3.63) is 35.4 Å². The van der Waals surface area contributed by atoms with Crippen molar-refractivity contribution in [2.45, 2.75) is 70.0 Å². The normalized spacial score (nSPS) is 31.9. The SMILES string of the molecule is C[C@H]([NH2+][C@H](C)C(=O)NC(=O)NC12CC3CC(CC(C3)C1)C2)c1ccc(F)cc1F. The van der Waals surface area contributed by atoms with Gasteiger partial charge in [0.15, 0.2) is 6.04 Å². The van der Waals surface area contributed by atoms with E-state index in [0.717, 1.165) is 25.3 Å². The number of nitrogens with two attached hydrogens (primary N) is 1. The Morgan fingerprint density at radius 3 is 2.21 bits per heavy atom. The number of halogens is 2. The quantitative estimate of drug-likeness (QED) is 0.703. The Morgan fingerprint density at radius 1 is 1.07 bits per heavy atom. The molecule has 0 unspecified atom stereocenters. The molecule has 1 aromatic carbocycles. The van der Waals surface area contributed by atoms with E-state index in [1.54, 1.807) is 19.2 Å². The maximum atomic E-state index is 14.0. The second-order valence-corrected chi connectivity index (χ2v) is 9.58. The summed E-state index contributed by atoms with van der Waals surface area (Å²) in [7, 11) is 0. The molecule has 4 saturated carbocycles. The van der Waals surface area contributed by atoms with Crippen LogP contribution in [0.3, 0.4) is 0 Å². The van der Waals surface area contributed by atoms with Gasteiger partial charge < -0.3 is 10.6 Å². The van der Waals surface area contributed by atoms with Gasteiger partial charge in [-0.05, 0) is 82.3 Å². The number of carbonyl (C=O) groups excluding carboxylic acids is 2. The predicted molar refractivity (Wildman–Crippen MR) is 104 cm³/mol. The van der Waals surface area contributed by atoms with Crippen molar-refractivity contribution in [2.75, 3.05) is 0 Å². The van der Waals surface area contributed by atoms with Crippen LogP contribution in [0.1, 0.15) is 64.0 Å². The van der Waals surface area contributed by atoms with Gasteiger partial charge in [0.2, 0.25) is 0 Å². The summed E-state index contributed by atoms with van der Waals surface area (Å²) in [6, 6.07) is 2.02. The van der Waals surface area contributed by atoms with Crippen LogP contribution in [0.2, 0.25) is 0 Å². The highest BCUT2D eigenvalue weighted by Gasteiger charge is 2.51. The number of quaternary nitrogens is 1. The predicted octanol–water partition coefficient (Wildman–Crippen LogP) is 2.77. The Balaban J connectivity index is 1.31. The molecule has 3 amide bonds. The Labute approximate surface area is 170 Å². The molecule has 0 heterocycles. The van der Waals surface area contributed by atoms with Crippen LogP contribution in [-0.2, 0) is 4.79 Å². The van der Waals surface area contributed by atoms with E-state index in [1.165, 1.54) is 31.4 Å². The average Bonchev–Trinajstić information content (AvgIpc) is 2.59. The van der Waals surface area contributed by atoms with E-state index in [0.29, 0.717) is 23.3 Å². The first kappa shape index (κ1) is 20.3. The highest BCUT2D eigenvalue weighted by atomic mass is 19.1. The monoisotopic (exact) mass is 406 g/mol. The van der Waals surface area contributed by atoms with Crippen molar-refractivity contribution in [3.8, 4) is 0 Å². The molecule has 5 nitrogen and oxygen atoms in total. The summed E-state index contributed by atoms with van der Waals surface area (Å²) in [6.45, 7) is 3.42. The largest absolute Gasteiger partial charge is 0.332 e. The summed E-state index contributed by atoms with van der Waals surface area (Å²) < 4.78 is 27.0. The molecule has 4 N–H and O–H groups in total. The van der Waals surface area contributed by atoms with Gasteiger partial charge in [-0.1, -0.05) is 0 Å². The molecule has 4 fully saturated rings. The lowest BCUT2D eigenvalue weighted by molar-refractivity contribution is -0.710. The molecule has 4 bridgehead atoms. The molecule has 0 spiro atoms. The van der Waals surface area contributed by atoms with E-state index >= 15 is 0 Å². The lowest BCUT2D eigenvalue weighted by Crippen LogP contribution is -2.92. The highest BCUT2D eigenvalue weighted by molar-refractivity contribution is 5.96. The number of carbonyl (C=O) groups is 2. The van der Waals surface area contributed by atoms with Crippen LogP contribution in [0.4, 0.5) is 13.6 Å². The minimum absolute atomic E-state index is 0.156. The van der Waals surface area contributed by atoms with Gasteiger partial charge in [0.1, 0.15) is 17.7 Å². The molecule has 7 heteroatoms. The van der Waals surface area contributed by atoms with Crippen LogP contribution in [0.15, 0.2) is 18.2 Å². The first-order valence-electron chi connectivity index (χ1n) is 10.7. The van der Waals surface area contributed by atoms with Gasteiger partial charge in [0.05, 0.1) is 0 Å². The molecule has 0 saturated heterocycles. The molecule has 0 aromatic heterocycles. The fourth-order valence-corrected chi connectivity index (χ4v) is 6.26. The Bertz CT molecular complexity index is 778. The maximum Gasteiger partial charge on any atom is 0.322 e. The van der Waals surface area contributed by atoms with Gasteiger partial charge in [-0.15, -0.1) is 0 Å². The molecule has 2 atom stereocenters. The van der Waals surface area contributed by atoms with Gasteiger partial charge >= 0.3 is 6.03 Å². The zero-order chi connectivity index (χ0) is 20.8. The molecule has 0 radical (unpaired) electrons. The second-order valence-electron chi connectivity index (χ2n) is 9.58. The summed E-state index contributed by atoms with van der Waals surface area (Å²) >= 11 is 0. The number of urea groups is 1. The summed E-state index contributed by atoms with van der Waals surface area (Å²) in [5.41, 5.74) is 0.167. The molecule has 158 valence electrons. The van der Waals surface area contributed by atoms with E-state index in [4.69, 9.17) is 0 Å². The van der Waals surface area contributed by atoms with Crippen LogP contribution in [0.5, 0.6) is 0 Å². The zero-order valence-electron chi connectivity index (χ0n) is 17.0. The Morgan fingerprint density at radius 2 is 1.66 bits per heavy atom. The average molecular weight is 406 g/mol. The van der Waals surface area contributed by atoms with Gasteiger partial charge in [0, 0.05) is 17.2 Å². The Hall–Kier alpha value is -2.02. The van der Waals surface area contributed by atoms with E-state index < -0.39 is 29.6 Å². The molecule has 5 rings (SSSR count). The summed E-state index contributed by atoms with van der Waals surface area (Å²) in [6.07, 6.45) is 6.90. The van der Waals surface area contributed by atoms with Gasteiger partial charge in [-0.2, -0.15) is 0 Å². The summed E-state index contributed by atoms with van der Waals surface area (Å²) in [4.78, 5) is 25.0. The van der Waals surface area contributed by atoms with Crippen molar-refractivity contribution in [1.29, 1.82) is 0 Å². The molecule has 1 aromatic rings. The minimum Gasteiger partial charge on any atom is -0.332 e. The molecular formula is C22H30F2N3O2+. The van der Waals surface area contributed by atoms with Crippen LogP contribution < -0.4 is 16.0 Å². The highest BCUT2D eigenvalue weighted by Crippen LogP contribution is 2.55. The first-order chi connectivity index (χ1) is 13.7. The number of amides is 3. The molecule has 29 heavy (non-hydrogen) atoms. The molecule has 4 aliphatic rings. The fourth-order valence-electron chi connectivity index (χ4n) is 6.26. The van der Waals surface area contributed by atoms with Crippen LogP contribution in [-0.4, -0.2) is 23.5 Å². The third-order valence-electron chi connectivity index (χ3n) is 7.10. The Kier molecular flexibility index (Phi) is 5.36. The molecule has 4 aliphatic carbocycles. The third-order valence-corrected chi connectivity index (χ3v) is 7.10. The van der Waals surface area contributed by atoms with E-state index in [1.807, 2.05) is 0 Å². The van der Waals surface area contributed by atoms with E-state index in [-0.39, 0.29) is 11.6 Å². The molecular weight excluding hydrogens is 376 g/mol. The van der Waals surface area contributed by atoms with Crippen LogP contribution in [0.25, 0.3) is 0 Å². The van der Waals surface area contributed by atoms with Crippen molar-refractivity contribution in [1.82, 2.24) is 10.6 Å². The summed E-state index contributed by atoms with van der Waals surface area (Å²) in [5.74, 6) is 0.427. The number of imide groups is 1. The van der Waals surface area contributed by atoms with Gasteiger partial charge in [-0.25, -0.2) is 13.6 Å². The van der Waals surface area contributed by atoms with Gasteiger partial charge in [-0.3, -0.25) is 10.1 Å². The number of nitrogens with one attached hydrogen (secondary N) is 2. The van der Waals surface area contributed by atoms with Gasteiger partial charge in [0.25, 0.3) is 5.91 Å². The maximum absolute atomic E-state index is 14.0. The fraction of sp³-hybridized carbons (Fsp3) is 0.636. The van der Waals surface area contributed by atoms with Crippen LogP contribution >= 0.6 is 0 Å². The van der Waals surface area contributed by atoms with Crippen molar-refractivity contribution in [2.24, 2.45) is 17.8 Å². The molecule has 0 aliphatic heterocycles. The lowest BCUT2D eigenvalue weighted by atomic mass is 9.53. The summed E-state index contributed by atoms with van der Waals surface area (Å²) in [5, 5.41) is 7.26. The van der Waals surface area contributed by atoms with Crippen molar-refractivity contribution >= 4 is 11.9 Å². The van der Waals surface area contributed by atoms with E-state index in [9.17, 15) is 18.4 Å².